The first-order valence-electron chi connectivity index (χ1n) is 8.78. The number of benzene rings is 1. The van der Waals surface area contributed by atoms with Gasteiger partial charge in [0.15, 0.2) is 0 Å². The van der Waals surface area contributed by atoms with Crippen LogP contribution in [0.3, 0.4) is 0 Å². The van der Waals surface area contributed by atoms with Gasteiger partial charge in [-0.3, -0.25) is 9.69 Å². The summed E-state index contributed by atoms with van der Waals surface area (Å²) < 4.78 is 4.93. The smallest absolute Gasteiger partial charge is 0.414 e. The normalized spacial score (nSPS) is 27.0. The number of nitrogens with one attached hydrogen (secondary N) is 2. The van der Waals surface area contributed by atoms with E-state index in [1.807, 2.05) is 0 Å². The van der Waals surface area contributed by atoms with Gasteiger partial charge in [-0.15, -0.1) is 0 Å². The molecule has 2 heterocycles. The van der Waals surface area contributed by atoms with Crippen molar-refractivity contribution < 1.29 is 14.3 Å². The number of amides is 2. The second-order valence-electron chi connectivity index (χ2n) is 6.88. The first kappa shape index (κ1) is 15.4. The summed E-state index contributed by atoms with van der Waals surface area (Å²) in [5, 5.41) is 6.54. The second kappa shape index (κ2) is 6.43. The van der Waals surface area contributed by atoms with Crippen LogP contribution in [0.4, 0.5) is 10.5 Å². The van der Waals surface area contributed by atoms with Crippen molar-refractivity contribution in [2.24, 2.45) is 11.8 Å². The van der Waals surface area contributed by atoms with Crippen LogP contribution in [-0.2, 0) is 4.74 Å². The van der Waals surface area contributed by atoms with Gasteiger partial charge in [0.1, 0.15) is 6.61 Å². The van der Waals surface area contributed by atoms with Gasteiger partial charge in [0.25, 0.3) is 5.91 Å². The van der Waals surface area contributed by atoms with Gasteiger partial charge in [0.2, 0.25) is 0 Å². The summed E-state index contributed by atoms with van der Waals surface area (Å²) >= 11 is 0. The lowest BCUT2D eigenvalue weighted by Crippen LogP contribution is -2.32. The van der Waals surface area contributed by atoms with Crippen LogP contribution >= 0.6 is 0 Å². The van der Waals surface area contributed by atoms with Crippen molar-refractivity contribution >= 4 is 17.7 Å². The minimum atomic E-state index is -0.324. The van der Waals surface area contributed by atoms with Crippen LogP contribution < -0.4 is 15.5 Å². The molecule has 0 aromatic heterocycles. The third-order valence-corrected chi connectivity index (χ3v) is 5.35. The largest absolute Gasteiger partial charge is 0.447 e. The summed E-state index contributed by atoms with van der Waals surface area (Å²) in [6.45, 7) is 3.18. The highest BCUT2D eigenvalue weighted by Gasteiger charge is 2.43. The molecule has 3 fully saturated rings. The summed E-state index contributed by atoms with van der Waals surface area (Å²) in [5.74, 6) is 1.38. The van der Waals surface area contributed by atoms with Crippen molar-refractivity contribution in [2.45, 2.75) is 25.3 Å². The van der Waals surface area contributed by atoms with Crippen molar-refractivity contribution in [1.82, 2.24) is 10.6 Å². The second-order valence-corrected chi connectivity index (χ2v) is 6.88. The molecule has 0 bridgehead atoms. The Morgan fingerprint density at radius 1 is 1.21 bits per heavy atom. The molecule has 24 heavy (non-hydrogen) atoms. The number of piperidine rings is 1. The van der Waals surface area contributed by atoms with Crippen LogP contribution in [0.5, 0.6) is 0 Å². The third-order valence-electron chi connectivity index (χ3n) is 5.35. The summed E-state index contributed by atoms with van der Waals surface area (Å²) in [6.07, 6.45) is 3.22. The van der Waals surface area contributed by atoms with Crippen molar-refractivity contribution in [3.8, 4) is 0 Å². The fourth-order valence-electron chi connectivity index (χ4n) is 3.85. The number of carbonyl (C=O) groups is 2. The summed E-state index contributed by atoms with van der Waals surface area (Å²) in [6, 6.07) is 7.49. The van der Waals surface area contributed by atoms with Crippen LogP contribution in [0.2, 0.25) is 0 Å². The van der Waals surface area contributed by atoms with E-state index in [4.69, 9.17) is 4.74 Å². The number of carbonyl (C=O) groups excluding carboxylic acids is 2. The van der Waals surface area contributed by atoms with Crippen LogP contribution in [0.1, 0.15) is 29.6 Å². The van der Waals surface area contributed by atoms with Crippen molar-refractivity contribution in [2.75, 3.05) is 31.1 Å². The third kappa shape index (κ3) is 3.11. The zero-order chi connectivity index (χ0) is 16.5. The van der Waals surface area contributed by atoms with E-state index in [1.165, 1.54) is 12.8 Å². The van der Waals surface area contributed by atoms with E-state index in [9.17, 15) is 9.59 Å². The molecule has 1 aromatic rings. The standard InChI is InChI=1S/C18H23N3O3/c22-17(20-16-11-15(16)12-5-7-19-8-6-12)13-1-3-14(4-2-13)21-9-10-24-18(21)23/h1-4,12,15-16,19H,5-11H2,(H,20,22)/t15-,16+/m0/s1. The summed E-state index contributed by atoms with van der Waals surface area (Å²) in [7, 11) is 0. The lowest BCUT2D eigenvalue weighted by atomic mass is 9.93. The number of ether oxygens (including phenoxy) is 1. The number of cyclic esters (lactones) is 1. The fourth-order valence-corrected chi connectivity index (χ4v) is 3.85. The van der Waals surface area contributed by atoms with E-state index < -0.39 is 0 Å². The molecular weight excluding hydrogens is 306 g/mol. The van der Waals surface area contributed by atoms with Gasteiger partial charge in [-0.25, -0.2) is 4.79 Å². The molecule has 3 aliphatic rings. The molecule has 0 spiro atoms. The van der Waals surface area contributed by atoms with Gasteiger partial charge >= 0.3 is 6.09 Å². The predicted octanol–water partition coefficient (Wildman–Crippen LogP) is 1.76. The van der Waals surface area contributed by atoms with E-state index in [1.54, 1.807) is 29.2 Å². The SMILES string of the molecule is O=C(N[C@@H]1C[C@H]1C1CCNCC1)c1ccc(N2CCOC2=O)cc1. The molecule has 0 unspecified atom stereocenters. The molecule has 4 rings (SSSR count). The number of hydrogen-bond donors (Lipinski definition) is 2. The maximum absolute atomic E-state index is 12.4. The Hall–Kier alpha value is -2.08. The molecule has 1 aliphatic carbocycles. The van der Waals surface area contributed by atoms with Gasteiger partial charge in [-0.1, -0.05) is 0 Å². The predicted molar refractivity (Wildman–Crippen MR) is 90.1 cm³/mol. The monoisotopic (exact) mass is 329 g/mol. The Labute approximate surface area is 141 Å². The molecule has 2 amide bonds. The lowest BCUT2D eigenvalue weighted by Gasteiger charge is -2.22. The first-order chi connectivity index (χ1) is 11.7. The molecule has 0 radical (unpaired) electrons. The average Bonchev–Trinajstić information content (AvgIpc) is 3.25. The molecule has 128 valence electrons. The number of rotatable bonds is 4. The van der Waals surface area contributed by atoms with E-state index in [0.29, 0.717) is 30.7 Å². The zero-order valence-electron chi connectivity index (χ0n) is 13.7. The molecule has 1 aromatic carbocycles. The maximum Gasteiger partial charge on any atom is 0.414 e. The fraction of sp³-hybridized carbons (Fsp3) is 0.556. The highest BCUT2D eigenvalue weighted by Crippen LogP contribution is 2.41. The number of anilines is 1. The maximum atomic E-state index is 12.4. The molecule has 2 aliphatic heterocycles. The zero-order valence-corrected chi connectivity index (χ0v) is 13.7. The van der Waals surface area contributed by atoms with E-state index in [0.717, 1.165) is 31.1 Å². The minimum absolute atomic E-state index is 0.0213. The quantitative estimate of drug-likeness (QED) is 0.883. The molecule has 2 N–H and O–H groups in total. The van der Waals surface area contributed by atoms with E-state index in [2.05, 4.69) is 10.6 Å². The number of hydrogen-bond acceptors (Lipinski definition) is 4. The van der Waals surface area contributed by atoms with Gasteiger partial charge in [-0.05, 0) is 68.5 Å². The van der Waals surface area contributed by atoms with Crippen molar-refractivity contribution in [1.29, 1.82) is 0 Å². The molecular formula is C18H23N3O3. The van der Waals surface area contributed by atoms with Crippen molar-refractivity contribution in [3.05, 3.63) is 29.8 Å². The van der Waals surface area contributed by atoms with Gasteiger partial charge in [0, 0.05) is 17.3 Å². The number of nitrogens with zero attached hydrogens (tertiary/aromatic N) is 1. The highest BCUT2D eigenvalue weighted by atomic mass is 16.6. The van der Waals surface area contributed by atoms with Crippen LogP contribution in [0.15, 0.2) is 24.3 Å². The molecule has 6 nitrogen and oxygen atoms in total. The molecule has 2 saturated heterocycles. The lowest BCUT2D eigenvalue weighted by molar-refractivity contribution is 0.0947. The molecule has 6 heteroatoms. The first-order valence-corrected chi connectivity index (χ1v) is 8.78. The highest BCUT2D eigenvalue weighted by molar-refractivity contribution is 5.96. The Kier molecular flexibility index (Phi) is 4.14. The molecule has 2 atom stereocenters. The summed E-state index contributed by atoms with van der Waals surface area (Å²) in [5.41, 5.74) is 1.41. The Morgan fingerprint density at radius 2 is 1.96 bits per heavy atom. The van der Waals surface area contributed by atoms with E-state index >= 15 is 0 Å². The van der Waals surface area contributed by atoms with Crippen molar-refractivity contribution in [3.63, 3.8) is 0 Å². The van der Waals surface area contributed by atoms with Crippen LogP contribution in [0, 0.1) is 11.8 Å². The average molecular weight is 329 g/mol. The van der Waals surface area contributed by atoms with Gasteiger partial charge in [-0.2, -0.15) is 0 Å². The minimum Gasteiger partial charge on any atom is -0.447 e. The Bertz CT molecular complexity index is 625. The topological polar surface area (TPSA) is 70.7 Å². The van der Waals surface area contributed by atoms with Gasteiger partial charge in [0.05, 0.1) is 6.54 Å². The molecule has 1 saturated carbocycles. The summed E-state index contributed by atoms with van der Waals surface area (Å²) in [4.78, 5) is 25.5. The van der Waals surface area contributed by atoms with E-state index in [-0.39, 0.29) is 12.0 Å². The van der Waals surface area contributed by atoms with Gasteiger partial charge < -0.3 is 15.4 Å². The van der Waals surface area contributed by atoms with Crippen LogP contribution in [0.25, 0.3) is 0 Å². The Balaban J connectivity index is 1.33. The van der Waals surface area contributed by atoms with Crippen LogP contribution in [-0.4, -0.2) is 44.3 Å². The Morgan fingerprint density at radius 3 is 2.62 bits per heavy atom.